The highest BCUT2D eigenvalue weighted by atomic mass is 16.5. The van der Waals surface area contributed by atoms with Crippen LogP contribution in [0.2, 0.25) is 0 Å². The molecule has 1 aliphatic carbocycles. The lowest BCUT2D eigenvalue weighted by Gasteiger charge is -2.35. The highest BCUT2D eigenvalue weighted by molar-refractivity contribution is 5.78. The van der Waals surface area contributed by atoms with Crippen LogP contribution in [0.25, 0.3) is 0 Å². The predicted molar refractivity (Wildman–Crippen MR) is 122 cm³/mol. The number of hydrogen-bond acceptors (Lipinski definition) is 5. The van der Waals surface area contributed by atoms with Gasteiger partial charge in [-0.1, -0.05) is 30.3 Å². The number of methoxy groups -OCH3 is 1. The van der Waals surface area contributed by atoms with Gasteiger partial charge in [0, 0.05) is 20.0 Å². The van der Waals surface area contributed by atoms with Crippen LogP contribution in [0.4, 0.5) is 0 Å². The van der Waals surface area contributed by atoms with Crippen molar-refractivity contribution in [2.24, 2.45) is 5.92 Å². The Labute approximate surface area is 189 Å². The average Bonchev–Trinajstić information content (AvgIpc) is 3.61. The summed E-state index contributed by atoms with van der Waals surface area (Å²) in [6.07, 6.45) is 3.38. The number of nitrogens with zero attached hydrogens (tertiary/aromatic N) is 1. The number of fused-ring (bicyclic) bond motifs is 1. The Morgan fingerprint density at radius 2 is 1.91 bits per heavy atom. The van der Waals surface area contributed by atoms with Crippen LogP contribution in [-0.4, -0.2) is 37.0 Å². The van der Waals surface area contributed by atoms with Crippen molar-refractivity contribution in [3.8, 4) is 5.75 Å². The normalized spacial score (nSPS) is 19.0. The number of nitrogens with one attached hydrogen (secondary N) is 1. The molecule has 0 radical (unpaired) electrons. The van der Waals surface area contributed by atoms with E-state index in [0.717, 1.165) is 47.6 Å². The second kappa shape index (κ2) is 9.74. The van der Waals surface area contributed by atoms with Crippen LogP contribution in [-0.2, 0) is 27.3 Å². The van der Waals surface area contributed by atoms with E-state index in [2.05, 4.69) is 28.4 Å². The molecule has 2 aromatic rings. The van der Waals surface area contributed by atoms with Gasteiger partial charge in [-0.2, -0.15) is 0 Å². The van der Waals surface area contributed by atoms with E-state index >= 15 is 0 Å². The molecule has 0 aromatic heterocycles. The van der Waals surface area contributed by atoms with Crippen LogP contribution in [0.5, 0.6) is 5.75 Å². The molecular weight excluding hydrogens is 404 g/mol. The molecule has 1 heterocycles. The molecule has 2 atom stereocenters. The lowest BCUT2D eigenvalue weighted by atomic mass is 9.91. The molecule has 32 heavy (non-hydrogen) atoms. The number of esters is 1. The number of hydrogen-bond donors (Lipinski definition) is 1. The van der Waals surface area contributed by atoms with Crippen LogP contribution < -0.4 is 10.1 Å². The van der Waals surface area contributed by atoms with Crippen LogP contribution in [0, 0.1) is 5.92 Å². The SMILES string of the molecule is COC(=O)C1c2ccc(OCC3CC3)cc2CCN1Cc1ccc([C@H](C)NC(C)=O)cc1. The minimum absolute atomic E-state index is 0.0393. The second-order valence-electron chi connectivity index (χ2n) is 8.92. The minimum atomic E-state index is -0.431. The van der Waals surface area contributed by atoms with E-state index < -0.39 is 6.04 Å². The van der Waals surface area contributed by atoms with E-state index in [4.69, 9.17) is 9.47 Å². The Bertz CT molecular complexity index is 968. The van der Waals surface area contributed by atoms with Gasteiger partial charge in [-0.25, -0.2) is 4.79 Å². The number of benzene rings is 2. The van der Waals surface area contributed by atoms with Gasteiger partial charge < -0.3 is 14.8 Å². The largest absolute Gasteiger partial charge is 0.493 e. The first-order valence-corrected chi connectivity index (χ1v) is 11.4. The zero-order valence-electron chi connectivity index (χ0n) is 19.1. The Morgan fingerprint density at radius 3 is 2.56 bits per heavy atom. The average molecular weight is 437 g/mol. The van der Waals surface area contributed by atoms with Gasteiger partial charge in [-0.15, -0.1) is 0 Å². The highest BCUT2D eigenvalue weighted by Crippen LogP contribution is 2.35. The quantitative estimate of drug-likeness (QED) is 0.635. The highest BCUT2D eigenvalue weighted by Gasteiger charge is 2.34. The molecule has 2 aliphatic rings. The third-order valence-corrected chi connectivity index (χ3v) is 6.33. The summed E-state index contributed by atoms with van der Waals surface area (Å²) >= 11 is 0. The van der Waals surface area contributed by atoms with Crippen molar-refractivity contribution >= 4 is 11.9 Å². The number of ether oxygens (including phenoxy) is 2. The monoisotopic (exact) mass is 436 g/mol. The fourth-order valence-electron chi connectivity index (χ4n) is 4.34. The standard InChI is InChI=1S/C26H32N2O4/c1-17(27-18(2)29)21-8-6-19(7-9-21)15-28-13-12-22-14-23(32-16-20-4-5-20)10-11-24(22)25(28)26(30)31-3/h6-11,14,17,20,25H,4-5,12-13,15-16H2,1-3H3,(H,27,29)/t17-,25?/m0/s1. The zero-order chi connectivity index (χ0) is 22.7. The Balaban J connectivity index is 1.49. The molecular formula is C26H32N2O4. The summed E-state index contributed by atoms with van der Waals surface area (Å²) in [4.78, 5) is 26.2. The van der Waals surface area contributed by atoms with Crippen molar-refractivity contribution < 1.29 is 19.1 Å². The van der Waals surface area contributed by atoms with E-state index in [0.29, 0.717) is 12.5 Å². The van der Waals surface area contributed by atoms with E-state index in [1.54, 1.807) is 0 Å². The Morgan fingerprint density at radius 1 is 1.16 bits per heavy atom. The van der Waals surface area contributed by atoms with Crippen molar-refractivity contribution in [2.45, 2.75) is 51.7 Å². The van der Waals surface area contributed by atoms with Gasteiger partial charge >= 0.3 is 5.97 Å². The maximum absolute atomic E-state index is 12.7. The van der Waals surface area contributed by atoms with Crippen molar-refractivity contribution in [3.63, 3.8) is 0 Å². The number of carbonyl (C=O) groups excluding carboxylic acids is 2. The first kappa shape index (κ1) is 22.3. The summed E-state index contributed by atoms with van der Waals surface area (Å²) in [5, 5.41) is 2.90. The van der Waals surface area contributed by atoms with Gasteiger partial charge in [0.05, 0.1) is 19.8 Å². The van der Waals surface area contributed by atoms with Crippen molar-refractivity contribution in [2.75, 3.05) is 20.3 Å². The second-order valence-corrected chi connectivity index (χ2v) is 8.92. The molecule has 1 fully saturated rings. The van der Waals surface area contributed by atoms with E-state index in [9.17, 15) is 9.59 Å². The molecule has 0 bridgehead atoms. The number of amides is 1. The molecule has 0 saturated heterocycles. The molecule has 1 N–H and O–H groups in total. The van der Waals surface area contributed by atoms with Gasteiger partial charge in [0.15, 0.2) is 0 Å². The number of carbonyl (C=O) groups is 2. The minimum Gasteiger partial charge on any atom is -0.493 e. The van der Waals surface area contributed by atoms with Gasteiger partial charge in [0.25, 0.3) is 0 Å². The summed E-state index contributed by atoms with van der Waals surface area (Å²) in [6, 6.07) is 13.8. The maximum Gasteiger partial charge on any atom is 0.327 e. The summed E-state index contributed by atoms with van der Waals surface area (Å²) in [5.41, 5.74) is 4.32. The first-order valence-electron chi connectivity index (χ1n) is 11.4. The van der Waals surface area contributed by atoms with Crippen LogP contribution in [0.1, 0.15) is 61.0 Å². The summed E-state index contributed by atoms with van der Waals surface area (Å²) in [5.74, 6) is 1.30. The fourth-order valence-corrected chi connectivity index (χ4v) is 4.34. The lowest BCUT2D eigenvalue weighted by Crippen LogP contribution is -2.39. The number of rotatable bonds is 8. The van der Waals surface area contributed by atoms with Crippen molar-refractivity contribution in [3.05, 3.63) is 64.7 Å². The molecule has 4 rings (SSSR count). The molecule has 6 heteroatoms. The van der Waals surface area contributed by atoms with Crippen molar-refractivity contribution in [1.29, 1.82) is 0 Å². The summed E-state index contributed by atoms with van der Waals surface area (Å²) in [7, 11) is 1.44. The third-order valence-electron chi connectivity index (χ3n) is 6.33. The lowest BCUT2D eigenvalue weighted by molar-refractivity contribution is -0.148. The molecule has 2 aromatic carbocycles. The third kappa shape index (κ3) is 5.30. The van der Waals surface area contributed by atoms with Gasteiger partial charge in [0.1, 0.15) is 11.8 Å². The van der Waals surface area contributed by atoms with Crippen LogP contribution in [0.3, 0.4) is 0 Å². The fraction of sp³-hybridized carbons (Fsp3) is 0.462. The first-order chi connectivity index (χ1) is 15.4. The van der Waals surface area contributed by atoms with E-state index in [1.807, 2.05) is 31.2 Å². The smallest absolute Gasteiger partial charge is 0.327 e. The zero-order valence-corrected chi connectivity index (χ0v) is 19.1. The molecule has 1 saturated carbocycles. The molecule has 1 unspecified atom stereocenters. The van der Waals surface area contributed by atoms with Crippen LogP contribution in [0.15, 0.2) is 42.5 Å². The van der Waals surface area contributed by atoms with Gasteiger partial charge in [-0.3, -0.25) is 9.69 Å². The summed E-state index contributed by atoms with van der Waals surface area (Å²) < 4.78 is 11.1. The molecule has 1 amide bonds. The molecule has 6 nitrogen and oxygen atoms in total. The maximum atomic E-state index is 12.7. The van der Waals surface area contributed by atoms with E-state index in [1.165, 1.54) is 26.9 Å². The van der Waals surface area contributed by atoms with Gasteiger partial charge in [-0.05, 0) is 66.5 Å². The summed E-state index contributed by atoms with van der Waals surface area (Å²) in [6.45, 7) is 5.68. The topological polar surface area (TPSA) is 67.9 Å². The van der Waals surface area contributed by atoms with Crippen molar-refractivity contribution in [1.82, 2.24) is 10.2 Å². The molecule has 170 valence electrons. The van der Waals surface area contributed by atoms with E-state index in [-0.39, 0.29) is 17.9 Å². The molecule has 1 aliphatic heterocycles. The predicted octanol–water partition coefficient (Wildman–Crippen LogP) is 3.94. The van der Waals surface area contributed by atoms with Gasteiger partial charge in [0.2, 0.25) is 5.91 Å². The Hall–Kier alpha value is -2.86. The van der Waals surface area contributed by atoms with Crippen LogP contribution >= 0.6 is 0 Å². The Kier molecular flexibility index (Phi) is 6.80. The molecule has 0 spiro atoms.